The van der Waals surface area contributed by atoms with Gasteiger partial charge in [-0.2, -0.15) is 0 Å². The number of pyridine rings is 2. The topological polar surface area (TPSA) is 72.1 Å². The Morgan fingerprint density at radius 3 is 2.62 bits per heavy atom. The van der Waals surface area contributed by atoms with Crippen molar-refractivity contribution in [2.24, 2.45) is 0 Å². The molecule has 0 aliphatic carbocycles. The van der Waals surface area contributed by atoms with Gasteiger partial charge in [0.1, 0.15) is 5.69 Å². The molecular weight excluding hydrogens is 328 g/mol. The molecule has 26 heavy (non-hydrogen) atoms. The Hall–Kier alpha value is -2.60. The summed E-state index contributed by atoms with van der Waals surface area (Å²) in [6.45, 7) is 4.39. The quantitative estimate of drug-likeness (QED) is 0.704. The minimum absolute atomic E-state index is 0.221. The van der Waals surface area contributed by atoms with Crippen molar-refractivity contribution in [1.29, 1.82) is 0 Å². The number of rotatable bonds is 5. The Balaban J connectivity index is 1.51. The molecule has 0 bridgehead atoms. The lowest BCUT2D eigenvalue weighted by molar-refractivity contribution is -0.119. The van der Waals surface area contributed by atoms with Crippen LogP contribution < -0.4 is 0 Å². The maximum absolute atomic E-state index is 12.4. The predicted molar refractivity (Wildman–Crippen MR) is 98.8 cm³/mol. The van der Waals surface area contributed by atoms with E-state index in [1.807, 2.05) is 12.1 Å². The van der Waals surface area contributed by atoms with E-state index in [1.165, 1.54) is 19.3 Å². The molecule has 134 valence electrons. The normalized spacial score (nSPS) is 15.4. The summed E-state index contributed by atoms with van der Waals surface area (Å²) in [4.78, 5) is 27.6. The number of carbonyl (C=O) groups excluding carboxylic acids is 1. The lowest BCUT2D eigenvalue weighted by atomic mass is 10.1. The molecule has 0 spiro atoms. The molecule has 0 amide bonds. The summed E-state index contributed by atoms with van der Waals surface area (Å²) < 4.78 is 5.55. The van der Waals surface area contributed by atoms with Gasteiger partial charge in [0.2, 0.25) is 0 Å². The highest BCUT2D eigenvalue weighted by Gasteiger charge is 2.15. The molecule has 0 aromatic carbocycles. The molecule has 3 aromatic rings. The smallest absolute Gasteiger partial charge is 0.191 e. The van der Waals surface area contributed by atoms with Crippen LogP contribution in [-0.2, 0) is 11.2 Å². The van der Waals surface area contributed by atoms with Crippen molar-refractivity contribution in [1.82, 2.24) is 19.9 Å². The Bertz CT molecular complexity index is 928. The number of piperidine rings is 1. The van der Waals surface area contributed by atoms with E-state index in [0.717, 1.165) is 35.2 Å². The Morgan fingerprint density at radius 1 is 1.04 bits per heavy atom. The van der Waals surface area contributed by atoms with E-state index in [1.54, 1.807) is 25.5 Å². The van der Waals surface area contributed by atoms with Gasteiger partial charge in [0.25, 0.3) is 0 Å². The van der Waals surface area contributed by atoms with E-state index >= 15 is 0 Å². The largest absolute Gasteiger partial charge is 0.439 e. The van der Waals surface area contributed by atoms with Gasteiger partial charge in [0.05, 0.1) is 19.2 Å². The average Bonchev–Trinajstić information content (AvgIpc) is 3.08. The van der Waals surface area contributed by atoms with Gasteiger partial charge < -0.3 is 4.42 Å². The van der Waals surface area contributed by atoms with Crippen molar-refractivity contribution < 1.29 is 9.21 Å². The lowest BCUT2D eigenvalue weighted by Crippen LogP contribution is -2.35. The number of carbonyl (C=O) groups is 1. The molecule has 0 atom stereocenters. The minimum Gasteiger partial charge on any atom is -0.439 e. The maximum Gasteiger partial charge on any atom is 0.191 e. The Labute approximate surface area is 152 Å². The van der Waals surface area contributed by atoms with Gasteiger partial charge in [-0.3, -0.25) is 19.7 Å². The number of aryl methyl sites for hydroxylation is 1. The first-order valence-corrected chi connectivity index (χ1v) is 9.09. The monoisotopic (exact) mass is 350 g/mol. The molecule has 1 fully saturated rings. The SMILES string of the molecule is Cc1ncc(-c2cc3cc(CC(=O)CN4CCCCC4)ncc3cn2)o1. The Morgan fingerprint density at radius 2 is 1.85 bits per heavy atom. The molecule has 0 saturated carbocycles. The highest BCUT2D eigenvalue weighted by atomic mass is 16.4. The molecule has 0 N–H and O–H groups in total. The summed E-state index contributed by atoms with van der Waals surface area (Å²) in [5.41, 5.74) is 1.53. The summed E-state index contributed by atoms with van der Waals surface area (Å²) in [6, 6.07) is 3.92. The van der Waals surface area contributed by atoms with Crippen LogP contribution in [0.25, 0.3) is 22.2 Å². The van der Waals surface area contributed by atoms with Gasteiger partial charge in [0.15, 0.2) is 17.4 Å². The van der Waals surface area contributed by atoms with Crippen LogP contribution in [0.3, 0.4) is 0 Å². The van der Waals surface area contributed by atoms with Crippen molar-refractivity contribution in [3.05, 3.63) is 42.3 Å². The van der Waals surface area contributed by atoms with Crippen LogP contribution in [-0.4, -0.2) is 45.3 Å². The number of aromatic nitrogens is 3. The number of hydrogen-bond donors (Lipinski definition) is 0. The number of likely N-dealkylation sites (tertiary alicyclic amines) is 1. The van der Waals surface area contributed by atoms with E-state index in [0.29, 0.717) is 24.6 Å². The summed E-state index contributed by atoms with van der Waals surface area (Å²) in [7, 11) is 0. The molecule has 4 heterocycles. The van der Waals surface area contributed by atoms with Crippen molar-refractivity contribution in [3.8, 4) is 11.5 Å². The van der Waals surface area contributed by atoms with E-state index in [-0.39, 0.29) is 5.78 Å². The summed E-state index contributed by atoms with van der Waals surface area (Å²) >= 11 is 0. The van der Waals surface area contributed by atoms with E-state index in [4.69, 9.17) is 4.42 Å². The second-order valence-corrected chi connectivity index (χ2v) is 6.89. The van der Waals surface area contributed by atoms with Crippen LogP contribution in [0.1, 0.15) is 30.8 Å². The standard InChI is InChI=1S/C20H22N4O2/c1-14-21-12-20(26-14)19-8-15-7-17(22-10-16(15)11-23-19)9-18(25)13-24-5-3-2-4-6-24/h7-8,10-12H,2-6,9,13H2,1H3. The first-order valence-electron chi connectivity index (χ1n) is 9.09. The van der Waals surface area contributed by atoms with Crippen LogP contribution in [0.15, 0.2) is 35.1 Å². The predicted octanol–water partition coefficient (Wildman–Crippen LogP) is 3.19. The average molecular weight is 350 g/mol. The number of oxazole rings is 1. The van der Waals surface area contributed by atoms with Crippen molar-refractivity contribution in [3.63, 3.8) is 0 Å². The molecule has 3 aromatic heterocycles. The lowest BCUT2D eigenvalue weighted by Gasteiger charge is -2.25. The number of nitrogens with zero attached hydrogens (tertiary/aromatic N) is 4. The molecule has 0 unspecified atom stereocenters. The third-order valence-electron chi connectivity index (χ3n) is 4.76. The van der Waals surface area contributed by atoms with Crippen LogP contribution >= 0.6 is 0 Å². The van der Waals surface area contributed by atoms with Gasteiger partial charge in [-0.05, 0) is 43.5 Å². The number of hydrogen-bond acceptors (Lipinski definition) is 6. The second kappa shape index (κ2) is 7.33. The second-order valence-electron chi connectivity index (χ2n) is 6.89. The van der Waals surface area contributed by atoms with Crippen molar-refractivity contribution in [2.75, 3.05) is 19.6 Å². The third-order valence-corrected chi connectivity index (χ3v) is 4.76. The van der Waals surface area contributed by atoms with Gasteiger partial charge >= 0.3 is 0 Å². The zero-order valence-electron chi connectivity index (χ0n) is 14.9. The number of Topliss-reactive ketones (excluding diaryl/α,β-unsaturated/α-hetero) is 1. The molecule has 6 nitrogen and oxygen atoms in total. The number of ketones is 1. The van der Waals surface area contributed by atoms with Gasteiger partial charge in [0, 0.05) is 30.4 Å². The minimum atomic E-state index is 0.221. The summed E-state index contributed by atoms with van der Waals surface area (Å²) in [6.07, 6.45) is 9.25. The molecule has 0 radical (unpaired) electrons. The fraction of sp³-hybridized carbons (Fsp3) is 0.400. The van der Waals surface area contributed by atoms with Crippen molar-refractivity contribution >= 4 is 16.6 Å². The first-order chi connectivity index (χ1) is 12.7. The van der Waals surface area contributed by atoms with Crippen LogP contribution in [0, 0.1) is 6.92 Å². The molecule has 1 aliphatic rings. The highest BCUT2D eigenvalue weighted by Crippen LogP contribution is 2.23. The molecule has 1 aliphatic heterocycles. The first kappa shape index (κ1) is 16.8. The van der Waals surface area contributed by atoms with Gasteiger partial charge in [-0.1, -0.05) is 6.42 Å². The molecular formula is C20H22N4O2. The molecule has 4 rings (SSSR count). The zero-order valence-corrected chi connectivity index (χ0v) is 14.9. The zero-order chi connectivity index (χ0) is 17.9. The summed E-state index contributed by atoms with van der Waals surface area (Å²) in [5, 5.41) is 1.94. The third kappa shape index (κ3) is 3.80. The fourth-order valence-corrected chi connectivity index (χ4v) is 3.42. The maximum atomic E-state index is 12.4. The van der Waals surface area contributed by atoms with E-state index in [9.17, 15) is 4.79 Å². The van der Waals surface area contributed by atoms with Crippen LogP contribution in [0.5, 0.6) is 0 Å². The van der Waals surface area contributed by atoms with Crippen LogP contribution in [0.2, 0.25) is 0 Å². The summed E-state index contributed by atoms with van der Waals surface area (Å²) in [5.74, 6) is 1.48. The number of fused-ring (bicyclic) bond motifs is 1. The fourth-order valence-electron chi connectivity index (χ4n) is 3.42. The molecule has 6 heteroatoms. The van der Waals surface area contributed by atoms with Gasteiger partial charge in [-0.25, -0.2) is 4.98 Å². The van der Waals surface area contributed by atoms with E-state index < -0.39 is 0 Å². The Kier molecular flexibility index (Phi) is 4.75. The highest BCUT2D eigenvalue weighted by molar-refractivity contribution is 5.86. The van der Waals surface area contributed by atoms with E-state index in [2.05, 4.69) is 19.9 Å². The van der Waals surface area contributed by atoms with Gasteiger partial charge in [-0.15, -0.1) is 0 Å². The molecule has 1 saturated heterocycles. The van der Waals surface area contributed by atoms with Crippen molar-refractivity contribution in [2.45, 2.75) is 32.6 Å². The van der Waals surface area contributed by atoms with Crippen LogP contribution in [0.4, 0.5) is 0 Å².